The van der Waals surface area contributed by atoms with Crippen molar-refractivity contribution in [3.63, 3.8) is 0 Å². The van der Waals surface area contributed by atoms with Crippen molar-refractivity contribution in [1.29, 1.82) is 0 Å². The third-order valence-electron chi connectivity index (χ3n) is 1.41. The van der Waals surface area contributed by atoms with Crippen molar-refractivity contribution in [3.8, 4) is 0 Å². The Balaban J connectivity index is 2.98. The molecule has 0 spiro atoms. The van der Waals surface area contributed by atoms with Crippen LogP contribution in [0.3, 0.4) is 0 Å². The average Bonchev–Trinajstić information content (AvgIpc) is 1.91. The van der Waals surface area contributed by atoms with Gasteiger partial charge in [-0.25, -0.2) is 8.42 Å². The summed E-state index contributed by atoms with van der Waals surface area (Å²) in [6, 6.07) is 7.18. The highest BCUT2D eigenvalue weighted by Crippen LogP contribution is 2.14. The Morgan fingerprint density at radius 3 is 2.42 bits per heavy atom. The number of hydrogen-bond donors (Lipinski definition) is 1. The Morgan fingerprint density at radius 1 is 1.33 bits per heavy atom. The quantitative estimate of drug-likeness (QED) is 0.738. The van der Waals surface area contributed by atoms with E-state index in [0.717, 1.165) is 10.5 Å². The first-order valence-corrected chi connectivity index (χ1v) is 5.94. The normalized spacial score (nSPS) is 11.5. The van der Waals surface area contributed by atoms with Crippen molar-refractivity contribution < 1.29 is 8.42 Å². The van der Waals surface area contributed by atoms with Crippen molar-refractivity contribution in [2.75, 3.05) is 6.26 Å². The molecule has 66 valence electrons. The lowest BCUT2D eigenvalue weighted by Gasteiger charge is -2.01. The Bertz CT molecular complexity index is 368. The van der Waals surface area contributed by atoms with Gasteiger partial charge in [0.1, 0.15) is 0 Å². The lowest BCUT2D eigenvalue weighted by molar-refractivity contribution is 0.601. The first kappa shape index (κ1) is 9.61. The predicted octanol–water partition coefficient (Wildman–Crippen LogP) is 1.52. The van der Waals surface area contributed by atoms with Crippen LogP contribution in [0.4, 0.5) is 0 Å². The van der Waals surface area contributed by atoms with E-state index in [1.807, 2.05) is 6.07 Å². The van der Waals surface area contributed by atoms with E-state index < -0.39 is 9.84 Å². The molecule has 12 heavy (non-hydrogen) atoms. The van der Waals surface area contributed by atoms with Gasteiger partial charge in [-0.1, -0.05) is 18.2 Å². The summed E-state index contributed by atoms with van der Waals surface area (Å²) in [5.74, 6) is 0.0622. The molecule has 0 heterocycles. The summed E-state index contributed by atoms with van der Waals surface area (Å²) in [6.45, 7) is 0. The Morgan fingerprint density at radius 2 is 1.92 bits per heavy atom. The van der Waals surface area contributed by atoms with Gasteiger partial charge in [-0.05, 0) is 11.6 Å². The lowest BCUT2D eigenvalue weighted by atomic mass is 10.2. The van der Waals surface area contributed by atoms with E-state index in [0.29, 0.717) is 0 Å². The molecule has 2 nitrogen and oxygen atoms in total. The van der Waals surface area contributed by atoms with Crippen LogP contribution in [-0.4, -0.2) is 14.7 Å². The van der Waals surface area contributed by atoms with Crippen molar-refractivity contribution >= 4 is 22.5 Å². The van der Waals surface area contributed by atoms with Crippen molar-refractivity contribution in [3.05, 3.63) is 29.8 Å². The highest BCUT2D eigenvalue weighted by molar-refractivity contribution is 7.90. The van der Waals surface area contributed by atoms with Crippen molar-refractivity contribution in [2.45, 2.75) is 10.6 Å². The molecule has 0 saturated carbocycles. The van der Waals surface area contributed by atoms with E-state index in [4.69, 9.17) is 0 Å². The van der Waals surface area contributed by atoms with Gasteiger partial charge in [0.15, 0.2) is 9.84 Å². The van der Waals surface area contributed by atoms with Crippen LogP contribution in [0.5, 0.6) is 0 Å². The maximum Gasteiger partial charge on any atom is 0.151 e. The predicted molar refractivity (Wildman–Crippen MR) is 52.2 cm³/mol. The van der Waals surface area contributed by atoms with Gasteiger partial charge >= 0.3 is 0 Å². The first-order valence-electron chi connectivity index (χ1n) is 3.43. The molecule has 0 aliphatic heterocycles. The summed E-state index contributed by atoms with van der Waals surface area (Å²) >= 11 is 4.15. The summed E-state index contributed by atoms with van der Waals surface area (Å²) in [5, 5.41) is 0. The van der Waals surface area contributed by atoms with Crippen LogP contribution < -0.4 is 0 Å². The number of thiol groups is 1. The monoisotopic (exact) mass is 202 g/mol. The van der Waals surface area contributed by atoms with Crippen LogP contribution in [0, 0.1) is 0 Å². The van der Waals surface area contributed by atoms with Gasteiger partial charge in [0.05, 0.1) is 5.75 Å². The zero-order valence-electron chi connectivity index (χ0n) is 6.69. The van der Waals surface area contributed by atoms with Crippen molar-refractivity contribution in [2.24, 2.45) is 0 Å². The van der Waals surface area contributed by atoms with Crippen molar-refractivity contribution in [1.82, 2.24) is 0 Å². The molecule has 0 fully saturated rings. The SMILES string of the molecule is CS(=O)(=O)Cc1ccccc1S. The van der Waals surface area contributed by atoms with E-state index >= 15 is 0 Å². The van der Waals surface area contributed by atoms with Crippen LogP contribution in [-0.2, 0) is 15.6 Å². The molecule has 0 amide bonds. The third-order valence-corrected chi connectivity index (χ3v) is 2.68. The fraction of sp³-hybridized carbons (Fsp3) is 0.250. The van der Waals surface area contributed by atoms with Crippen LogP contribution in [0.25, 0.3) is 0 Å². The topological polar surface area (TPSA) is 34.1 Å². The minimum Gasteiger partial charge on any atom is -0.229 e. The number of sulfone groups is 1. The molecule has 0 radical (unpaired) electrons. The molecule has 0 saturated heterocycles. The van der Waals surface area contributed by atoms with Gasteiger partial charge < -0.3 is 0 Å². The molecular weight excluding hydrogens is 192 g/mol. The number of rotatable bonds is 2. The molecule has 0 atom stereocenters. The molecule has 0 N–H and O–H groups in total. The first-order chi connectivity index (χ1) is 5.49. The van der Waals surface area contributed by atoms with Gasteiger partial charge in [-0.2, -0.15) is 0 Å². The zero-order chi connectivity index (χ0) is 9.19. The summed E-state index contributed by atoms with van der Waals surface area (Å²) in [5.41, 5.74) is 0.753. The summed E-state index contributed by atoms with van der Waals surface area (Å²) < 4.78 is 21.8. The minimum absolute atomic E-state index is 0.0622. The molecule has 0 unspecified atom stereocenters. The second kappa shape index (κ2) is 3.49. The van der Waals surface area contributed by atoms with Crippen LogP contribution in [0.2, 0.25) is 0 Å². The summed E-state index contributed by atoms with van der Waals surface area (Å²) in [7, 11) is -2.95. The maximum absolute atomic E-state index is 10.9. The Kier molecular flexibility index (Phi) is 2.80. The zero-order valence-corrected chi connectivity index (χ0v) is 8.40. The highest BCUT2D eigenvalue weighted by atomic mass is 32.2. The maximum atomic E-state index is 10.9. The number of hydrogen-bond acceptors (Lipinski definition) is 3. The third kappa shape index (κ3) is 2.87. The largest absolute Gasteiger partial charge is 0.229 e. The Hall–Kier alpha value is -0.480. The fourth-order valence-electron chi connectivity index (χ4n) is 0.915. The standard InChI is InChI=1S/C8H10O2S2/c1-12(9,10)6-7-4-2-3-5-8(7)11/h2-5,11H,6H2,1H3. The summed E-state index contributed by atoms with van der Waals surface area (Å²) in [4.78, 5) is 0.725. The number of benzene rings is 1. The molecule has 1 rings (SSSR count). The van der Waals surface area contributed by atoms with E-state index in [2.05, 4.69) is 12.6 Å². The van der Waals surface area contributed by atoms with E-state index in [9.17, 15) is 8.42 Å². The average molecular weight is 202 g/mol. The van der Waals surface area contributed by atoms with E-state index in [-0.39, 0.29) is 5.75 Å². The molecular formula is C8H10O2S2. The molecule has 0 aliphatic rings. The van der Waals surface area contributed by atoms with E-state index in [1.54, 1.807) is 18.2 Å². The molecule has 1 aromatic carbocycles. The minimum atomic E-state index is -2.95. The van der Waals surface area contributed by atoms with Crippen LogP contribution in [0.15, 0.2) is 29.2 Å². The molecule has 4 heteroatoms. The molecule has 1 aromatic rings. The highest BCUT2D eigenvalue weighted by Gasteiger charge is 2.05. The van der Waals surface area contributed by atoms with Gasteiger partial charge in [-0.3, -0.25) is 0 Å². The van der Waals surface area contributed by atoms with Gasteiger partial charge in [0.25, 0.3) is 0 Å². The van der Waals surface area contributed by atoms with Gasteiger partial charge in [0, 0.05) is 11.2 Å². The smallest absolute Gasteiger partial charge is 0.151 e. The second-order valence-electron chi connectivity index (χ2n) is 2.70. The van der Waals surface area contributed by atoms with Crippen LogP contribution in [0.1, 0.15) is 5.56 Å². The van der Waals surface area contributed by atoms with Crippen LogP contribution >= 0.6 is 12.6 Å². The summed E-state index contributed by atoms with van der Waals surface area (Å²) in [6.07, 6.45) is 1.22. The lowest BCUT2D eigenvalue weighted by Crippen LogP contribution is -2.01. The molecule has 0 aromatic heterocycles. The fourth-order valence-corrected chi connectivity index (χ4v) is 2.08. The van der Waals surface area contributed by atoms with Gasteiger partial charge in [0.2, 0.25) is 0 Å². The van der Waals surface area contributed by atoms with Gasteiger partial charge in [-0.15, -0.1) is 12.6 Å². The van der Waals surface area contributed by atoms with E-state index in [1.165, 1.54) is 6.26 Å². The second-order valence-corrected chi connectivity index (χ2v) is 5.32. The molecule has 0 bridgehead atoms. The molecule has 0 aliphatic carbocycles. The Labute approximate surface area is 77.9 Å².